The molecule has 1 unspecified atom stereocenters. The number of rotatable bonds is 4. The van der Waals surface area contributed by atoms with Crippen LogP contribution >= 0.6 is 11.8 Å². The Hall–Kier alpha value is -2.16. The number of hydrogen-bond acceptors (Lipinski definition) is 6. The third-order valence-electron chi connectivity index (χ3n) is 3.67. The van der Waals surface area contributed by atoms with E-state index in [1.165, 1.54) is 17.8 Å². The Balaban J connectivity index is 1.66. The molecule has 0 radical (unpaired) electrons. The van der Waals surface area contributed by atoms with E-state index in [2.05, 4.69) is 25.1 Å². The highest BCUT2D eigenvalue weighted by molar-refractivity contribution is 7.99. The molecule has 2 aromatic rings. The van der Waals surface area contributed by atoms with Crippen molar-refractivity contribution in [3.63, 3.8) is 0 Å². The summed E-state index contributed by atoms with van der Waals surface area (Å²) in [6.45, 7) is 4.30. The lowest BCUT2D eigenvalue weighted by Gasteiger charge is -2.22. The summed E-state index contributed by atoms with van der Waals surface area (Å²) in [5.41, 5.74) is 0.432. The van der Waals surface area contributed by atoms with Crippen molar-refractivity contribution < 1.29 is 4.79 Å². The van der Waals surface area contributed by atoms with Gasteiger partial charge >= 0.3 is 0 Å². The molecular weight excluding hydrogens is 316 g/mol. The maximum absolute atomic E-state index is 12.5. The van der Waals surface area contributed by atoms with Gasteiger partial charge in [-0.25, -0.2) is 9.97 Å². The maximum Gasteiger partial charge on any atom is 0.251 e. The van der Waals surface area contributed by atoms with E-state index in [0.717, 1.165) is 18.7 Å². The fourth-order valence-corrected chi connectivity index (χ4v) is 3.48. The standard InChI is InChI=1S/C14H18N6O2S/c1-8-6-11(21)17-14(15-8)23-7-12(22)20-5-3-4-10(20)13-16-9(2)18-19-13/h6,10H,3-5,7H2,1-2H3,(H,15,17,21)(H,16,18,19). The van der Waals surface area contributed by atoms with Gasteiger partial charge in [0.25, 0.3) is 5.56 Å². The Labute approximate surface area is 137 Å². The van der Waals surface area contributed by atoms with Gasteiger partial charge in [0.1, 0.15) is 5.82 Å². The second-order valence-electron chi connectivity index (χ2n) is 5.50. The Bertz CT molecular complexity index is 771. The molecule has 2 aromatic heterocycles. The summed E-state index contributed by atoms with van der Waals surface area (Å²) in [7, 11) is 0. The molecule has 2 N–H and O–H groups in total. The SMILES string of the molecule is Cc1cc(=O)[nH]c(SCC(=O)N2CCCC2c2n[nH]c(C)n2)n1. The highest BCUT2D eigenvalue weighted by Gasteiger charge is 2.32. The number of aryl methyl sites for hydroxylation is 2. The molecule has 9 heteroatoms. The van der Waals surface area contributed by atoms with Crippen LogP contribution in [0.4, 0.5) is 0 Å². The summed E-state index contributed by atoms with van der Waals surface area (Å²) < 4.78 is 0. The summed E-state index contributed by atoms with van der Waals surface area (Å²) in [5.74, 6) is 1.64. The maximum atomic E-state index is 12.5. The largest absolute Gasteiger partial charge is 0.332 e. The number of likely N-dealkylation sites (tertiary alicyclic amines) is 1. The zero-order valence-corrected chi connectivity index (χ0v) is 13.8. The molecule has 122 valence electrons. The zero-order chi connectivity index (χ0) is 16.4. The lowest BCUT2D eigenvalue weighted by molar-refractivity contribution is -0.129. The molecule has 3 rings (SSSR count). The number of aromatic nitrogens is 5. The second kappa shape index (κ2) is 6.53. The van der Waals surface area contributed by atoms with Gasteiger partial charge in [0.15, 0.2) is 11.0 Å². The molecule has 8 nitrogen and oxygen atoms in total. The highest BCUT2D eigenvalue weighted by Crippen LogP contribution is 2.30. The van der Waals surface area contributed by atoms with Crippen molar-refractivity contribution in [2.24, 2.45) is 0 Å². The van der Waals surface area contributed by atoms with Crippen LogP contribution in [0, 0.1) is 13.8 Å². The molecule has 1 fully saturated rings. The van der Waals surface area contributed by atoms with Gasteiger partial charge in [-0.3, -0.25) is 14.7 Å². The number of aromatic amines is 2. The van der Waals surface area contributed by atoms with E-state index in [9.17, 15) is 9.59 Å². The van der Waals surface area contributed by atoms with Crippen LogP contribution in [0.3, 0.4) is 0 Å². The highest BCUT2D eigenvalue weighted by atomic mass is 32.2. The molecule has 1 atom stereocenters. The number of nitrogens with one attached hydrogen (secondary N) is 2. The molecule has 1 amide bonds. The number of H-pyrrole nitrogens is 2. The van der Waals surface area contributed by atoms with E-state index in [1.54, 1.807) is 6.92 Å². The molecule has 3 heterocycles. The Morgan fingerprint density at radius 1 is 1.43 bits per heavy atom. The quantitative estimate of drug-likeness (QED) is 0.637. The minimum absolute atomic E-state index is 0.00380. The van der Waals surface area contributed by atoms with Crippen LogP contribution in [-0.2, 0) is 4.79 Å². The van der Waals surface area contributed by atoms with Crippen molar-refractivity contribution in [1.82, 2.24) is 30.0 Å². The smallest absolute Gasteiger partial charge is 0.251 e. The molecule has 1 aliphatic rings. The van der Waals surface area contributed by atoms with Crippen molar-refractivity contribution in [3.8, 4) is 0 Å². The van der Waals surface area contributed by atoms with Gasteiger partial charge < -0.3 is 9.88 Å². The fourth-order valence-electron chi connectivity index (χ4n) is 2.68. The molecule has 1 aliphatic heterocycles. The van der Waals surface area contributed by atoms with Gasteiger partial charge in [-0.05, 0) is 26.7 Å². The number of thioether (sulfide) groups is 1. The summed E-state index contributed by atoms with van der Waals surface area (Å²) in [5, 5.41) is 7.46. The molecule has 0 aromatic carbocycles. The number of nitrogens with zero attached hydrogens (tertiary/aromatic N) is 4. The van der Waals surface area contributed by atoms with E-state index in [1.807, 2.05) is 11.8 Å². The second-order valence-corrected chi connectivity index (χ2v) is 6.47. The van der Waals surface area contributed by atoms with Crippen LogP contribution in [0.25, 0.3) is 0 Å². The van der Waals surface area contributed by atoms with Gasteiger partial charge in [-0.15, -0.1) is 0 Å². The Morgan fingerprint density at radius 3 is 2.96 bits per heavy atom. The summed E-state index contributed by atoms with van der Waals surface area (Å²) in [4.78, 5) is 36.9. The van der Waals surface area contributed by atoms with Crippen LogP contribution in [-0.4, -0.2) is 48.3 Å². The number of carbonyl (C=O) groups is 1. The average Bonchev–Trinajstić information content (AvgIpc) is 3.12. The van der Waals surface area contributed by atoms with E-state index in [0.29, 0.717) is 23.2 Å². The monoisotopic (exact) mass is 334 g/mol. The molecule has 0 saturated carbocycles. The van der Waals surface area contributed by atoms with E-state index in [4.69, 9.17) is 0 Å². The van der Waals surface area contributed by atoms with Crippen LogP contribution in [0.1, 0.15) is 36.2 Å². The van der Waals surface area contributed by atoms with E-state index >= 15 is 0 Å². The molecule has 0 bridgehead atoms. The molecular formula is C14H18N6O2S. The van der Waals surface area contributed by atoms with Crippen molar-refractivity contribution in [2.75, 3.05) is 12.3 Å². The van der Waals surface area contributed by atoms with Crippen LogP contribution in [0.15, 0.2) is 16.0 Å². The topological polar surface area (TPSA) is 108 Å². The summed E-state index contributed by atoms with van der Waals surface area (Å²) >= 11 is 1.24. The van der Waals surface area contributed by atoms with Gasteiger partial charge in [-0.1, -0.05) is 11.8 Å². The lowest BCUT2D eigenvalue weighted by Crippen LogP contribution is -2.32. The van der Waals surface area contributed by atoms with Gasteiger partial charge in [-0.2, -0.15) is 5.10 Å². The average molecular weight is 334 g/mol. The van der Waals surface area contributed by atoms with Crippen molar-refractivity contribution in [2.45, 2.75) is 37.9 Å². The van der Waals surface area contributed by atoms with Crippen molar-refractivity contribution in [3.05, 3.63) is 33.8 Å². The van der Waals surface area contributed by atoms with Crippen molar-refractivity contribution in [1.29, 1.82) is 0 Å². The summed E-state index contributed by atoms with van der Waals surface area (Å²) in [6, 6.07) is 1.35. The Kier molecular flexibility index (Phi) is 4.46. The number of hydrogen-bond donors (Lipinski definition) is 2. The predicted octanol–water partition coefficient (Wildman–Crippen LogP) is 0.961. The fraction of sp³-hybridized carbons (Fsp3) is 0.500. The minimum atomic E-state index is -0.206. The van der Waals surface area contributed by atoms with Gasteiger partial charge in [0, 0.05) is 18.3 Å². The zero-order valence-electron chi connectivity index (χ0n) is 13.0. The van der Waals surface area contributed by atoms with Crippen molar-refractivity contribution >= 4 is 17.7 Å². The molecule has 23 heavy (non-hydrogen) atoms. The first kappa shape index (κ1) is 15.7. The minimum Gasteiger partial charge on any atom is -0.332 e. The molecule has 0 spiro atoms. The van der Waals surface area contributed by atoms with Crippen LogP contribution in [0.5, 0.6) is 0 Å². The van der Waals surface area contributed by atoms with E-state index < -0.39 is 0 Å². The summed E-state index contributed by atoms with van der Waals surface area (Å²) in [6.07, 6.45) is 1.81. The first-order valence-electron chi connectivity index (χ1n) is 7.42. The number of carbonyl (C=O) groups excluding carboxylic acids is 1. The van der Waals surface area contributed by atoms with E-state index in [-0.39, 0.29) is 23.3 Å². The molecule has 1 saturated heterocycles. The Morgan fingerprint density at radius 2 is 2.26 bits per heavy atom. The number of amides is 1. The first-order valence-corrected chi connectivity index (χ1v) is 8.40. The third kappa shape index (κ3) is 3.61. The van der Waals surface area contributed by atoms with Gasteiger partial charge in [0.05, 0.1) is 11.8 Å². The normalized spacial score (nSPS) is 17.7. The molecule has 0 aliphatic carbocycles. The first-order chi connectivity index (χ1) is 11.0. The lowest BCUT2D eigenvalue weighted by atomic mass is 10.2. The predicted molar refractivity (Wildman–Crippen MR) is 85.1 cm³/mol. The van der Waals surface area contributed by atoms with Crippen LogP contribution < -0.4 is 5.56 Å². The van der Waals surface area contributed by atoms with Crippen LogP contribution in [0.2, 0.25) is 0 Å². The van der Waals surface area contributed by atoms with Gasteiger partial charge in [0.2, 0.25) is 5.91 Å². The third-order valence-corrected chi connectivity index (χ3v) is 4.52.